The van der Waals surface area contributed by atoms with Crippen LogP contribution in [0.25, 0.3) is 0 Å². The van der Waals surface area contributed by atoms with Gasteiger partial charge in [0.25, 0.3) is 5.91 Å². The van der Waals surface area contributed by atoms with Gasteiger partial charge in [-0.1, -0.05) is 6.07 Å². The predicted molar refractivity (Wildman–Crippen MR) is 69.4 cm³/mol. The third-order valence-electron chi connectivity index (χ3n) is 3.10. The topological polar surface area (TPSA) is 80.3 Å². The normalized spacial score (nSPS) is 12.4. The molecule has 1 amide bonds. The van der Waals surface area contributed by atoms with Gasteiger partial charge in [-0.15, -0.1) is 0 Å². The van der Waals surface area contributed by atoms with Crippen molar-refractivity contribution in [2.24, 2.45) is 0 Å². The number of amides is 1. The molecule has 1 N–H and O–H groups in total. The lowest BCUT2D eigenvalue weighted by Crippen LogP contribution is -2.31. The highest BCUT2D eigenvalue weighted by molar-refractivity contribution is 5.90. The van der Waals surface area contributed by atoms with Crippen LogP contribution in [-0.4, -0.2) is 39.3 Å². The van der Waals surface area contributed by atoms with Crippen LogP contribution in [0.2, 0.25) is 0 Å². The molecule has 0 saturated carbocycles. The molecule has 2 aromatic rings. The van der Waals surface area contributed by atoms with Crippen molar-refractivity contribution >= 4 is 5.91 Å². The van der Waals surface area contributed by atoms with Crippen molar-refractivity contribution in [3.63, 3.8) is 0 Å². The van der Waals surface area contributed by atoms with E-state index >= 15 is 0 Å². The Morgan fingerprint density at radius 2 is 2.25 bits per heavy atom. The molecular weight excluding hydrogens is 260 g/mol. The summed E-state index contributed by atoms with van der Waals surface area (Å²) in [7, 11) is 0. The Morgan fingerprint density at radius 3 is 3.00 bits per heavy atom. The van der Waals surface area contributed by atoms with E-state index in [0.717, 1.165) is 11.3 Å². The zero-order valence-corrected chi connectivity index (χ0v) is 11.0. The van der Waals surface area contributed by atoms with Crippen molar-refractivity contribution in [2.75, 3.05) is 13.3 Å². The highest BCUT2D eigenvalue weighted by atomic mass is 16.7. The summed E-state index contributed by atoms with van der Waals surface area (Å²) >= 11 is 0. The fourth-order valence-corrected chi connectivity index (χ4v) is 2.05. The molecule has 0 saturated heterocycles. The number of nitrogens with zero attached hydrogens (tertiary/aromatic N) is 3. The van der Waals surface area contributed by atoms with Crippen molar-refractivity contribution in [3.8, 4) is 11.5 Å². The number of benzene rings is 1. The van der Waals surface area contributed by atoms with Gasteiger partial charge in [-0.25, -0.2) is 4.98 Å². The summed E-state index contributed by atoms with van der Waals surface area (Å²) in [5.74, 6) is 1.51. The molecule has 1 aliphatic heterocycles. The monoisotopic (exact) mass is 274 g/mol. The Balaban J connectivity index is 1.76. The molecule has 0 spiro atoms. The molecule has 104 valence electrons. The summed E-state index contributed by atoms with van der Waals surface area (Å²) in [5.41, 5.74) is 0.976. The number of hydrogen-bond acceptors (Lipinski definition) is 5. The van der Waals surface area contributed by atoms with Gasteiger partial charge >= 0.3 is 0 Å². The second kappa shape index (κ2) is 5.20. The average molecular weight is 274 g/mol. The van der Waals surface area contributed by atoms with Crippen molar-refractivity contribution in [1.29, 1.82) is 0 Å². The average Bonchev–Trinajstić information content (AvgIpc) is 3.14. The number of aromatic amines is 1. The summed E-state index contributed by atoms with van der Waals surface area (Å²) in [6.07, 6.45) is 1.32. The summed E-state index contributed by atoms with van der Waals surface area (Å²) < 4.78 is 10.6. The highest BCUT2D eigenvalue weighted by Gasteiger charge is 2.19. The molecule has 1 aromatic heterocycles. The molecule has 1 aliphatic rings. The molecule has 1 aromatic carbocycles. The van der Waals surface area contributed by atoms with Gasteiger partial charge < -0.3 is 14.4 Å². The molecular formula is C13H14N4O3. The number of fused-ring (bicyclic) bond motifs is 1. The van der Waals surface area contributed by atoms with Crippen LogP contribution < -0.4 is 9.47 Å². The first-order valence-electron chi connectivity index (χ1n) is 6.31. The second-order valence-electron chi connectivity index (χ2n) is 4.34. The van der Waals surface area contributed by atoms with Gasteiger partial charge in [0, 0.05) is 13.1 Å². The molecule has 0 aliphatic carbocycles. The van der Waals surface area contributed by atoms with Gasteiger partial charge in [0.15, 0.2) is 11.5 Å². The maximum atomic E-state index is 12.2. The number of aromatic nitrogens is 3. The fraction of sp³-hybridized carbons (Fsp3) is 0.308. The zero-order valence-electron chi connectivity index (χ0n) is 11.0. The molecule has 2 heterocycles. The third-order valence-corrected chi connectivity index (χ3v) is 3.10. The largest absolute Gasteiger partial charge is 0.454 e. The maximum absolute atomic E-state index is 12.2. The number of nitrogens with one attached hydrogen (secondary N) is 1. The number of ether oxygens (including phenoxy) is 2. The lowest BCUT2D eigenvalue weighted by Gasteiger charge is -2.19. The van der Waals surface area contributed by atoms with E-state index in [-0.39, 0.29) is 18.5 Å². The van der Waals surface area contributed by atoms with Crippen LogP contribution >= 0.6 is 0 Å². The molecule has 3 rings (SSSR count). The summed E-state index contributed by atoms with van der Waals surface area (Å²) in [6, 6.07) is 5.66. The summed E-state index contributed by atoms with van der Waals surface area (Å²) in [4.78, 5) is 17.8. The quantitative estimate of drug-likeness (QED) is 0.906. The number of rotatable bonds is 4. The first kappa shape index (κ1) is 12.5. The minimum atomic E-state index is -0.178. The molecule has 7 nitrogen and oxygen atoms in total. The molecule has 0 bridgehead atoms. The van der Waals surface area contributed by atoms with Gasteiger partial charge in [0.05, 0.1) is 0 Å². The van der Waals surface area contributed by atoms with Crippen LogP contribution in [0, 0.1) is 0 Å². The molecule has 7 heteroatoms. The molecule has 0 fully saturated rings. The van der Waals surface area contributed by atoms with Crippen LogP contribution in [0.15, 0.2) is 24.5 Å². The van der Waals surface area contributed by atoms with Gasteiger partial charge in [-0.2, -0.15) is 5.10 Å². The van der Waals surface area contributed by atoms with E-state index in [9.17, 15) is 4.79 Å². The number of carbonyl (C=O) groups excluding carboxylic acids is 1. The van der Waals surface area contributed by atoms with Gasteiger partial charge in [-0.05, 0) is 24.6 Å². The van der Waals surface area contributed by atoms with E-state index in [4.69, 9.17) is 9.47 Å². The van der Waals surface area contributed by atoms with Crippen LogP contribution in [0.4, 0.5) is 0 Å². The van der Waals surface area contributed by atoms with Crippen LogP contribution in [0.3, 0.4) is 0 Å². The Hall–Kier alpha value is -2.57. The predicted octanol–water partition coefficient (Wildman–Crippen LogP) is 1.20. The Kier molecular flexibility index (Phi) is 3.24. The first-order valence-corrected chi connectivity index (χ1v) is 6.31. The van der Waals surface area contributed by atoms with E-state index in [1.807, 2.05) is 25.1 Å². The first-order chi connectivity index (χ1) is 9.78. The lowest BCUT2D eigenvalue weighted by molar-refractivity contribution is 0.0740. The molecule has 0 atom stereocenters. The number of carbonyl (C=O) groups is 1. The number of H-pyrrole nitrogens is 1. The van der Waals surface area contributed by atoms with E-state index in [1.54, 1.807) is 4.90 Å². The molecule has 0 unspecified atom stereocenters. The summed E-state index contributed by atoms with van der Waals surface area (Å²) in [6.45, 7) is 3.22. The maximum Gasteiger partial charge on any atom is 0.291 e. The van der Waals surface area contributed by atoms with Crippen LogP contribution in [0.5, 0.6) is 11.5 Å². The number of hydrogen-bond donors (Lipinski definition) is 1. The highest BCUT2D eigenvalue weighted by Crippen LogP contribution is 2.32. The van der Waals surface area contributed by atoms with Crippen LogP contribution in [0.1, 0.15) is 23.1 Å². The summed E-state index contributed by atoms with van der Waals surface area (Å²) in [5, 5.41) is 6.28. The Bertz CT molecular complexity index is 612. The van der Waals surface area contributed by atoms with E-state index in [0.29, 0.717) is 18.8 Å². The van der Waals surface area contributed by atoms with E-state index in [2.05, 4.69) is 15.2 Å². The fourth-order valence-electron chi connectivity index (χ4n) is 2.05. The van der Waals surface area contributed by atoms with E-state index in [1.165, 1.54) is 6.33 Å². The van der Waals surface area contributed by atoms with E-state index < -0.39 is 0 Å². The van der Waals surface area contributed by atoms with Crippen molar-refractivity contribution in [3.05, 3.63) is 35.9 Å². The van der Waals surface area contributed by atoms with Gasteiger partial charge in [-0.3, -0.25) is 9.89 Å². The van der Waals surface area contributed by atoms with Gasteiger partial charge in [0.1, 0.15) is 6.33 Å². The standard InChI is InChI=1S/C13H14N4O3/c1-2-17(13(18)12-14-7-15-16-12)6-9-3-4-10-11(5-9)20-8-19-10/h3-5,7H,2,6,8H2,1H3,(H,14,15,16). The third kappa shape index (κ3) is 2.29. The Labute approximate surface area is 115 Å². The minimum absolute atomic E-state index is 0.178. The minimum Gasteiger partial charge on any atom is -0.454 e. The smallest absolute Gasteiger partial charge is 0.291 e. The Morgan fingerprint density at radius 1 is 1.40 bits per heavy atom. The molecule has 20 heavy (non-hydrogen) atoms. The lowest BCUT2D eigenvalue weighted by atomic mass is 10.2. The van der Waals surface area contributed by atoms with Crippen molar-refractivity contribution in [2.45, 2.75) is 13.5 Å². The van der Waals surface area contributed by atoms with Crippen LogP contribution in [-0.2, 0) is 6.54 Å². The SMILES string of the molecule is CCN(Cc1ccc2c(c1)OCO2)C(=O)c1ncn[nH]1. The second-order valence-corrected chi connectivity index (χ2v) is 4.34. The van der Waals surface area contributed by atoms with Crippen molar-refractivity contribution < 1.29 is 14.3 Å². The molecule has 0 radical (unpaired) electrons. The van der Waals surface area contributed by atoms with Crippen molar-refractivity contribution in [1.82, 2.24) is 20.1 Å². The van der Waals surface area contributed by atoms with Gasteiger partial charge in [0.2, 0.25) is 12.6 Å². The zero-order chi connectivity index (χ0) is 13.9.